The van der Waals surface area contributed by atoms with Gasteiger partial charge in [0.15, 0.2) is 5.15 Å². The van der Waals surface area contributed by atoms with Gasteiger partial charge in [0.1, 0.15) is 0 Å². The lowest BCUT2D eigenvalue weighted by Crippen LogP contribution is -2.23. The molecule has 1 aliphatic heterocycles. The molecule has 1 aromatic heterocycles. The second-order valence-corrected chi connectivity index (χ2v) is 7.69. The minimum atomic E-state index is -0.236. The van der Waals surface area contributed by atoms with Crippen molar-refractivity contribution in [3.8, 4) is 0 Å². The highest BCUT2D eigenvalue weighted by molar-refractivity contribution is 6.33. The Morgan fingerprint density at radius 2 is 1.72 bits per heavy atom. The molecule has 0 radical (unpaired) electrons. The molecule has 2 aromatic carbocycles. The minimum absolute atomic E-state index is 0.236. The van der Waals surface area contributed by atoms with Crippen LogP contribution in [0.3, 0.4) is 0 Å². The first-order valence-corrected chi connectivity index (χ1v) is 10.5. The fourth-order valence-electron chi connectivity index (χ4n) is 3.65. The first-order valence-electron chi connectivity index (χ1n) is 10.1. The zero-order valence-electron chi connectivity index (χ0n) is 16.3. The van der Waals surface area contributed by atoms with Crippen molar-refractivity contribution in [1.82, 2.24) is 4.98 Å². The number of nitrogens with zero attached hydrogens (tertiary/aromatic N) is 2. The third kappa shape index (κ3) is 4.96. The maximum absolute atomic E-state index is 12.3. The van der Waals surface area contributed by atoms with Crippen molar-refractivity contribution < 1.29 is 4.79 Å². The first-order chi connectivity index (χ1) is 14.2. The molecule has 4 nitrogen and oxygen atoms in total. The van der Waals surface area contributed by atoms with E-state index in [2.05, 4.69) is 39.5 Å². The molecule has 1 aliphatic rings. The Morgan fingerprint density at radius 3 is 2.48 bits per heavy atom. The van der Waals surface area contributed by atoms with Crippen LogP contribution in [0.4, 0.5) is 11.4 Å². The van der Waals surface area contributed by atoms with Crippen molar-refractivity contribution >= 4 is 45.9 Å². The quantitative estimate of drug-likeness (QED) is 0.432. The smallest absolute Gasteiger partial charge is 0.248 e. The Hall–Kier alpha value is -2.85. The molecule has 1 saturated heterocycles. The van der Waals surface area contributed by atoms with Gasteiger partial charge >= 0.3 is 0 Å². The van der Waals surface area contributed by atoms with Crippen molar-refractivity contribution in [3.05, 3.63) is 71.4 Å². The summed E-state index contributed by atoms with van der Waals surface area (Å²) in [5.41, 5.74) is 3.55. The molecule has 0 aliphatic carbocycles. The van der Waals surface area contributed by atoms with Gasteiger partial charge in [-0.15, -0.1) is 0 Å². The van der Waals surface area contributed by atoms with Crippen LogP contribution in [0.25, 0.3) is 17.0 Å². The Labute approximate surface area is 176 Å². The summed E-state index contributed by atoms with van der Waals surface area (Å²) in [4.78, 5) is 19.1. The molecule has 0 bridgehead atoms. The molecule has 2 heterocycles. The number of hydrogen-bond acceptors (Lipinski definition) is 3. The molecule has 0 saturated carbocycles. The van der Waals surface area contributed by atoms with Crippen molar-refractivity contribution in [1.29, 1.82) is 0 Å². The first kappa shape index (κ1) is 19.5. The summed E-state index contributed by atoms with van der Waals surface area (Å²) < 4.78 is 0. The fourth-order valence-corrected chi connectivity index (χ4v) is 3.84. The van der Waals surface area contributed by atoms with Crippen molar-refractivity contribution in [3.63, 3.8) is 0 Å². The number of rotatable bonds is 4. The number of nitrogens with one attached hydrogen (secondary N) is 1. The van der Waals surface area contributed by atoms with E-state index in [1.54, 1.807) is 0 Å². The van der Waals surface area contributed by atoms with Gasteiger partial charge in [0.05, 0.1) is 11.2 Å². The van der Waals surface area contributed by atoms with Crippen LogP contribution in [-0.4, -0.2) is 24.0 Å². The third-order valence-electron chi connectivity index (χ3n) is 5.23. The number of benzene rings is 2. The number of para-hydroxylation sites is 1. The number of aromatic nitrogens is 1. The maximum Gasteiger partial charge on any atom is 0.248 e. The largest absolute Gasteiger partial charge is 0.372 e. The molecule has 148 valence electrons. The van der Waals surface area contributed by atoms with E-state index in [4.69, 9.17) is 11.6 Å². The number of carbonyl (C=O) groups excluding carboxylic acids is 1. The lowest BCUT2D eigenvalue weighted by atomic mass is 10.1. The lowest BCUT2D eigenvalue weighted by molar-refractivity contribution is -0.111. The van der Waals surface area contributed by atoms with Gasteiger partial charge in [0.2, 0.25) is 5.91 Å². The van der Waals surface area contributed by atoms with E-state index in [-0.39, 0.29) is 11.1 Å². The molecule has 0 atom stereocenters. The number of amides is 1. The fraction of sp³-hybridized carbons (Fsp3) is 0.250. The predicted octanol–water partition coefficient (Wildman–Crippen LogP) is 5.92. The number of halogens is 1. The van der Waals surface area contributed by atoms with E-state index in [9.17, 15) is 4.79 Å². The molecule has 1 N–H and O–H groups in total. The van der Waals surface area contributed by atoms with Gasteiger partial charge in [-0.2, -0.15) is 0 Å². The summed E-state index contributed by atoms with van der Waals surface area (Å²) in [6, 6.07) is 17.9. The van der Waals surface area contributed by atoms with Gasteiger partial charge in [0.25, 0.3) is 0 Å². The number of hydrogen-bond donors (Lipinski definition) is 1. The molecule has 3 aromatic rings. The monoisotopic (exact) mass is 405 g/mol. The SMILES string of the molecule is O=C(C=Cc1ccc(N2CCCCCC2)cc1)Nc1cc2ccccc2nc1Cl. The summed E-state index contributed by atoms with van der Waals surface area (Å²) in [7, 11) is 0. The van der Waals surface area contributed by atoms with Gasteiger partial charge in [-0.1, -0.05) is 54.8 Å². The Morgan fingerprint density at radius 1 is 1.00 bits per heavy atom. The zero-order valence-corrected chi connectivity index (χ0v) is 17.0. The van der Waals surface area contributed by atoms with Crippen LogP contribution in [0, 0.1) is 0 Å². The summed E-state index contributed by atoms with van der Waals surface area (Å²) in [6.07, 6.45) is 8.49. The van der Waals surface area contributed by atoms with Crippen molar-refractivity contribution in [2.75, 3.05) is 23.3 Å². The molecule has 29 heavy (non-hydrogen) atoms. The van der Waals surface area contributed by atoms with Crippen LogP contribution in [-0.2, 0) is 4.79 Å². The second kappa shape index (κ2) is 9.10. The Balaban J connectivity index is 1.41. The summed E-state index contributed by atoms with van der Waals surface area (Å²) >= 11 is 6.21. The Bertz CT molecular complexity index is 1020. The highest BCUT2D eigenvalue weighted by Crippen LogP contribution is 2.25. The van der Waals surface area contributed by atoms with Gasteiger partial charge in [0, 0.05) is 30.2 Å². The summed E-state index contributed by atoms with van der Waals surface area (Å²) in [5, 5.41) is 4.03. The average molecular weight is 406 g/mol. The molecule has 4 rings (SSSR count). The highest BCUT2D eigenvalue weighted by atomic mass is 35.5. The van der Waals surface area contributed by atoms with Crippen LogP contribution in [0.15, 0.2) is 60.7 Å². The van der Waals surface area contributed by atoms with Gasteiger partial charge in [-0.05, 0) is 48.7 Å². The standard InChI is InChI=1S/C24H24ClN3O/c25-24-22(17-19-7-3-4-8-21(19)27-24)26-23(29)14-11-18-9-12-20(13-10-18)28-15-5-1-2-6-16-28/h3-4,7-14,17H,1-2,5-6,15-16H2,(H,26,29). The van der Waals surface area contributed by atoms with Crippen LogP contribution < -0.4 is 10.2 Å². The van der Waals surface area contributed by atoms with Crippen LogP contribution in [0.2, 0.25) is 5.15 Å². The number of pyridine rings is 1. The third-order valence-corrected chi connectivity index (χ3v) is 5.51. The van der Waals surface area contributed by atoms with Gasteiger partial charge in [-0.3, -0.25) is 4.79 Å². The minimum Gasteiger partial charge on any atom is -0.372 e. The van der Waals surface area contributed by atoms with Crippen molar-refractivity contribution in [2.45, 2.75) is 25.7 Å². The van der Waals surface area contributed by atoms with E-state index in [1.807, 2.05) is 36.4 Å². The number of carbonyl (C=O) groups is 1. The van der Waals surface area contributed by atoms with E-state index in [0.717, 1.165) is 29.6 Å². The molecule has 0 spiro atoms. The van der Waals surface area contributed by atoms with Crippen LogP contribution >= 0.6 is 11.6 Å². The van der Waals surface area contributed by atoms with Gasteiger partial charge < -0.3 is 10.2 Å². The molecule has 1 fully saturated rings. The molecular weight excluding hydrogens is 382 g/mol. The lowest BCUT2D eigenvalue weighted by Gasteiger charge is -2.22. The topological polar surface area (TPSA) is 45.2 Å². The van der Waals surface area contributed by atoms with Crippen LogP contribution in [0.5, 0.6) is 0 Å². The predicted molar refractivity (Wildman–Crippen MR) is 122 cm³/mol. The van der Waals surface area contributed by atoms with E-state index in [1.165, 1.54) is 37.4 Å². The molecule has 0 unspecified atom stereocenters. The number of fused-ring (bicyclic) bond motifs is 1. The van der Waals surface area contributed by atoms with Crippen LogP contribution in [0.1, 0.15) is 31.2 Å². The van der Waals surface area contributed by atoms with E-state index in [0.29, 0.717) is 5.69 Å². The number of anilines is 2. The average Bonchev–Trinajstić information content (AvgIpc) is 3.03. The molecule has 5 heteroatoms. The Kier molecular flexibility index (Phi) is 6.11. The summed E-state index contributed by atoms with van der Waals surface area (Å²) in [5.74, 6) is -0.236. The zero-order chi connectivity index (χ0) is 20.1. The maximum atomic E-state index is 12.3. The second-order valence-electron chi connectivity index (χ2n) is 7.33. The highest BCUT2D eigenvalue weighted by Gasteiger charge is 2.10. The summed E-state index contributed by atoms with van der Waals surface area (Å²) in [6.45, 7) is 2.25. The molecule has 1 amide bonds. The van der Waals surface area contributed by atoms with E-state index < -0.39 is 0 Å². The van der Waals surface area contributed by atoms with Gasteiger partial charge in [-0.25, -0.2) is 4.98 Å². The van der Waals surface area contributed by atoms with Crippen molar-refractivity contribution in [2.24, 2.45) is 0 Å². The molecular formula is C24H24ClN3O. The van der Waals surface area contributed by atoms with E-state index >= 15 is 0 Å². The normalized spacial score (nSPS) is 14.9.